The number of aryl methyl sites for hydroxylation is 1. The second-order valence-electron chi connectivity index (χ2n) is 7.35. The van der Waals surface area contributed by atoms with Gasteiger partial charge in [0, 0.05) is 30.8 Å². The van der Waals surface area contributed by atoms with Crippen molar-refractivity contribution in [3.8, 4) is 0 Å². The van der Waals surface area contributed by atoms with Gasteiger partial charge in [-0.2, -0.15) is 0 Å². The van der Waals surface area contributed by atoms with Gasteiger partial charge < -0.3 is 5.32 Å². The first-order chi connectivity index (χ1) is 13.3. The number of aromatic nitrogens is 2. The van der Waals surface area contributed by atoms with E-state index in [-0.39, 0.29) is 5.91 Å². The van der Waals surface area contributed by atoms with E-state index in [9.17, 15) is 4.79 Å². The van der Waals surface area contributed by atoms with Crippen LogP contribution in [0.1, 0.15) is 55.0 Å². The van der Waals surface area contributed by atoms with Gasteiger partial charge in [0.25, 0.3) is 0 Å². The molecule has 5 heteroatoms. The zero-order valence-electron chi connectivity index (χ0n) is 15.4. The van der Waals surface area contributed by atoms with E-state index in [4.69, 9.17) is 4.98 Å². The van der Waals surface area contributed by atoms with E-state index in [1.54, 1.807) is 6.20 Å². The number of amides is 1. The molecule has 1 fully saturated rings. The van der Waals surface area contributed by atoms with Crippen LogP contribution in [0.2, 0.25) is 0 Å². The van der Waals surface area contributed by atoms with Gasteiger partial charge in [0.05, 0.1) is 15.2 Å². The Labute approximate surface area is 164 Å². The van der Waals surface area contributed by atoms with Crippen molar-refractivity contribution in [2.45, 2.75) is 56.9 Å². The number of carbonyl (C=O) groups excluding carboxylic acids is 1. The predicted molar refractivity (Wildman–Crippen MR) is 110 cm³/mol. The molecular weight excluding hydrogens is 354 g/mol. The number of carbonyl (C=O) groups is 1. The van der Waals surface area contributed by atoms with Crippen molar-refractivity contribution in [2.75, 3.05) is 0 Å². The highest BCUT2D eigenvalue weighted by molar-refractivity contribution is 7.18. The van der Waals surface area contributed by atoms with Crippen LogP contribution in [0.25, 0.3) is 10.2 Å². The molecule has 0 atom stereocenters. The van der Waals surface area contributed by atoms with Crippen molar-refractivity contribution >= 4 is 27.5 Å². The smallest absolute Gasteiger partial charge is 0.220 e. The van der Waals surface area contributed by atoms with Gasteiger partial charge in [-0.1, -0.05) is 18.2 Å². The molecule has 4 nitrogen and oxygen atoms in total. The zero-order valence-corrected chi connectivity index (χ0v) is 16.3. The summed E-state index contributed by atoms with van der Waals surface area (Å²) in [5.41, 5.74) is 2.31. The molecule has 2 heterocycles. The Morgan fingerprint density at radius 2 is 1.96 bits per heavy atom. The first-order valence-electron chi connectivity index (χ1n) is 9.81. The van der Waals surface area contributed by atoms with Gasteiger partial charge in [-0.15, -0.1) is 11.3 Å². The number of benzene rings is 1. The van der Waals surface area contributed by atoms with Crippen LogP contribution in [0.4, 0.5) is 0 Å². The summed E-state index contributed by atoms with van der Waals surface area (Å²) in [6.45, 7) is 0. The monoisotopic (exact) mass is 379 g/mol. The van der Waals surface area contributed by atoms with Gasteiger partial charge in [0.15, 0.2) is 0 Å². The molecule has 0 unspecified atom stereocenters. The lowest BCUT2D eigenvalue weighted by molar-refractivity contribution is -0.122. The predicted octanol–water partition coefficient (Wildman–Crippen LogP) is 4.86. The number of nitrogens with one attached hydrogen (secondary N) is 1. The second kappa shape index (κ2) is 8.61. The third kappa shape index (κ3) is 4.72. The molecule has 1 aliphatic carbocycles. The van der Waals surface area contributed by atoms with E-state index in [2.05, 4.69) is 34.6 Å². The molecule has 0 radical (unpaired) electrons. The molecule has 0 spiro atoms. The topological polar surface area (TPSA) is 54.9 Å². The molecular formula is C22H25N3OS. The van der Waals surface area contributed by atoms with Crippen LogP contribution < -0.4 is 5.32 Å². The van der Waals surface area contributed by atoms with Crippen LogP contribution in [0.3, 0.4) is 0 Å². The summed E-state index contributed by atoms with van der Waals surface area (Å²) in [7, 11) is 0. The minimum Gasteiger partial charge on any atom is -0.353 e. The minimum absolute atomic E-state index is 0.183. The minimum atomic E-state index is 0.183. The van der Waals surface area contributed by atoms with E-state index < -0.39 is 0 Å². The SMILES string of the molecule is O=C(CCCc1cccnc1)NC1CCC(c2nc3ccccc3s2)CC1. The maximum Gasteiger partial charge on any atom is 0.220 e. The van der Waals surface area contributed by atoms with Crippen LogP contribution in [-0.2, 0) is 11.2 Å². The normalized spacial score (nSPS) is 19.9. The fraction of sp³-hybridized carbons (Fsp3) is 0.409. The number of hydrogen-bond acceptors (Lipinski definition) is 4. The Morgan fingerprint density at radius 1 is 1.11 bits per heavy atom. The van der Waals surface area contributed by atoms with Crippen molar-refractivity contribution in [1.29, 1.82) is 0 Å². The Balaban J connectivity index is 1.21. The summed E-state index contributed by atoms with van der Waals surface area (Å²) >= 11 is 1.82. The summed E-state index contributed by atoms with van der Waals surface area (Å²) in [6.07, 6.45) is 10.4. The van der Waals surface area contributed by atoms with Crippen molar-refractivity contribution < 1.29 is 4.79 Å². The highest BCUT2D eigenvalue weighted by Gasteiger charge is 2.25. The Hall–Kier alpha value is -2.27. The third-order valence-electron chi connectivity index (χ3n) is 5.34. The molecule has 0 aliphatic heterocycles. The molecule has 2 aromatic heterocycles. The van der Waals surface area contributed by atoms with E-state index in [1.165, 1.54) is 15.3 Å². The summed E-state index contributed by atoms with van der Waals surface area (Å²) in [6, 6.07) is 12.7. The van der Waals surface area contributed by atoms with Gasteiger partial charge in [0.1, 0.15) is 0 Å². The number of rotatable bonds is 6. The van der Waals surface area contributed by atoms with Crippen molar-refractivity contribution in [3.63, 3.8) is 0 Å². The fourth-order valence-electron chi connectivity index (χ4n) is 3.85. The fourth-order valence-corrected chi connectivity index (χ4v) is 4.98. The maximum atomic E-state index is 12.2. The van der Waals surface area contributed by atoms with E-state index in [1.807, 2.05) is 29.7 Å². The third-order valence-corrected chi connectivity index (χ3v) is 6.54. The van der Waals surface area contributed by atoms with Crippen LogP contribution in [0.15, 0.2) is 48.8 Å². The summed E-state index contributed by atoms with van der Waals surface area (Å²) < 4.78 is 1.27. The number of pyridine rings is 1. The number of thiazole rings is 1. The molecule has 3 aromatic rings. The van der Waals surface area contributed by atoms with Crippen LogP contribution in [0.5, 0.6) is 0 Å². The molecule has 1 amide bonds. The molecule has 1 aromatic carbocycles. The Morgan fingerprint density at radius 3 is 2.74 bits per heavy atom. The number of hydrogen-bond donors (Lipinski definition) is 1. The van der Waals surface area contributed by atoms with Gasteiger partial charge >= 0.3 is 0 Å². The van der Waals surface area contributed by atoms with E-state index >= 15 is 0 Å². The zero-order chi connectivity index (χ0) is 18.5. The van der Waals surface area contributed by atoms with Crippen LogP contribution in [-0.4, -0.2) is 21.9 Å². The average molecular weight is 380 g/mol. The summed E-state index contributed by atoms with van der Waals surface area (Å²) in [5.74, 6) is 0.725. The van der Waals surface area contributed by atoms with Gasteiger partial charge in [-0.3, -0.25) is 9.78 Å². The lowest BCUT2D eigenvalue weighted by atomic mass is 9.86. The summed E-state index contributed by atoms with van der Waals surface area (Å²) in [5, 5.41) is 4.49. The Bertz CT molecular complexity index is 852. The van der Waals surface area contributed by atoms with Crippen molar-refractivity contribution in [2.24, 2.45) is 0 Å². The molecule has 1 aliphatic rings. The van der Waals surface area contributed by atoms with Gasteiger partial charge in [-0.05, 0) is 62.3 Å². The molecule has 140 valence electrons. The maximum absolute atomic E-state index is 12.2. The lowest BCUT2D eigenvalue weighted by Crippen LogP contribution is -2.37. The van der Waals surface area contributed by atoms with E-state index in [0.29, 0.717) is 18.4 Å². The average Bonchev–Trinajstić information content (AvgIpc) is 3.13. The Kier molecular flexibility index (Phi) is 5.78. The lowest BCUT2D eigenvalue weighted by Gasteiger charge is -2.28. The highest BCUT2D eigenvalue weighted by atomic mass is 32.1. The second-order valence-corrected chi connectivity index (χ2v) is 8.41. The summed E-state index contributed by atoms with van der Waals surface area (Å²) in [4.78, 5) is 21.2. The molecule has 1 N–H and O–H groups in total. The van der Waals surface area contributed by atoms with Crippen LogP contribution >= 0.6 is 11.3 Å². The van der Waals surface area contributed by atoms with Crippen LogP contribution in [0, 0.1) is 0 Å². The van der Waals surface area contributed by atoms with Gasteiger partial charge in [0.2, 0.25) is 5.91 Å². The molecule has 27 heavy (non-hydrogen) atoms. The first kappa shape index (κ1) is 18.1. The molecule has 4 rings (SSSR count). The number of nitrogens with zero attached hydrogens (tertiary/aromatic N) is 2. The largest absolute Gasteiger partial charge is 0.353 e. The van der Waals surface area contributed by atoms with Gasteiger partial charge in [-0.25, -0.2) is 4.98 Å². The number of fused-ring (bicyclic) bond motifs is 1. The van der Waals surface area contributed by atoms with Crippen molar-refractivity contribution in [3.05, 3.63) is 59.4 Å². The first-order valence-corrected chi connectivity index (χ1v) is 10.6. The van der Waals surface area contributed by atoms with E-state index in [0.717, 1.165) is 44.0 Å². The van der Waals surface area contributed by atoms with Crippen molar-refractivity contribution in [1.82, 2.24) is 15.3 Å². The molecule has 1 saturated carbocycles. The number of para-hydroxylation sites is 1. The standard InChI is InChI=1S/C22H25N3OS/c26-21(9-3-5-16-6-4-14-23-15-16)24-18-12-10-17(11-13-18)22-25-19-7-1-2-8-20(19)27-22/h1-2,4,6-8,14-15,17-18H,3,5,9-13H2,(H,24,26). The molecule has 0 bridgehead atoms. The quantitative estimate of drug-likeness (QED) is 0.666. The highest BCUT2D eigenvalue weighted by Crippen LogP contribution is 2.36. The molecule has 0 saturated heterocycles.